The molecule has 8 heteroatoms. The monoisotopic (exact) mass is 458 g/mol. The molecular weight excluding hydrogens is 448 g/mol. The van der Waals surface area contributed by atoms with Crippen molar-refractivity contribution < 1.29 is 19.1 Å². The van der Waals surface area contributed by atoms with Gasteiger partial charge in [-0.3, -0.25) is 9.59 Å². The van der Waals surface area contributed by atoms with Crippen molar-refractivity contribution in [1.82, 2.24) is 0 Å². The minimum Gasteiger partial charge on any atom is -0.511 e. The van der Waals surface area contributed by atoms with Crippen LogP contribution in [0.5, 0.6) is 0 Å². The molecule has 1 aromatic heterocycles. The molecule has 2 N–H and O–H groups in total. The Labute approximate surface area is 173 Å². The van der Waals surface area contributed by atoms with Gasteiger partial charge in [0.2, 0.25) is 5.78 Å². The van der Waals surface area contributed by atoms with Gasteiger partial charge < -0.3 is 14.8 Å². The van der Waals surface area contributed by atoms with Crippen molar-refractivity contribution in [3.05, 3.63) is 74.6 Å². The molecule has 0 aliphatic heterocycles. The number of rotatable bonds is 4. The number of ketones is 1. The van der Waals surface area contributed by atoms with Crippen LogP contribution in [0.4, 0.5) is 5.69 Å². The van der Waals surface area contributed by atoms with Gasteiger partial charge in [0.25, 0.3) is 5.91 Å². The number of amides is 1. The number of halogens is 2. The summed E-state index contributed by atoms with van der Waals surface area (Å²) in [4.78, 5) is 25.4. The Morgan fingerprint density at radius 3 is 2.50 bits per heavy atom. The summed E-state index contributed by atoms with van der Waals surface area (Å²) in [7, 11) is 0. The Kier molecular flexibility index (Phi) is 5.54. The van der Waals surface area contributed by atoms with Gasteiger partial charge in [-0.25, -0.2) is 0 Å². The van der Waals surface area contributed by atoms with Crippen LogP contribution in [-0.2, 0) is 4.79 Å². The standard InChI is InChI=1S/C20H12BrClN2O4/c1-10(25)15(9-23)20(27)24-17-14-8-12(21)4-7-16(14)28-19(17)18(26)11-2-5-13(22)6-3-11/h2-8,25H,1H3,(H,24,27). The Balaban J connectivity index is 2.15. The molecule has 1 amide bonds. The minimum atomic E-state index is -0.852. The number of nitriles is 1. The zero-order chi connectivity index (χ0) is 20.4. The molecule has 6 nitrogen and oxygen atoms in total. The van der Waals surface area contributed by atoms with E-state index in [4.69, 9.17) is 21.3 Å². The lowest BCUT2D eigenvalue weighted by Crippen LogP contribution is -2.16. The van der Waals surface area contributed by atoms with Crippen LogP contribution >= 0.6 is 27.5 Å². The summed E-state index contributed by atoms with van der Waals surface area (Å²) in [5.41, 5.74) is 0.330. The van der Waals surface area contributed by atoms with Crippen LogP contribution in [0.15, 0.2) is 62.7 Å². The van der Waals surface area contributed by atoms with Crippen molar-refractivity contribution in [2.75, 3.05) is 5.32 Å². The second-order valence-electron chi connectivity index (χ2n) is 5.81. The molecule has 0 saturated heterocycles. The van der Waals surface area contributed by atoms with Crippen LogP contribution in [0.25, 0.3) is 11.0 Å². The average Bonchev–Trinajstić information content (AvgIpc) is 2.99. The molecular formula is C20H12BrClN2O4. The van der Waals surface area contributed by atoms with Gasteiger partial charge in [-0.15, -0.1) is 0 Å². The highest BCUT2D eigenvalue weighted by molar-refractivity contribution is 9.10. The second-order valence-corrected chi connectivity index (χ2v) is 7.16. The van der Waals surface area contributed by atoms with E-state index in [1.807, 2.05) is 0 Å². The predicted molar refractivity (Wildman–Crippen MR) is 108 cm³/mol. The fourth-order valence-electron chi connectivity index (χ4n) is 2.56. The van der Waals surface area contributed by atoms with Gasteiger partial charge in [-0.1, -0.05) is 27.5 Å². The molecule has 2 aromatic carbocycles. The molecule has 0 spiro atoms. The molecule has 0 aliphatic carbocycles. The topological polar surface area (TPSA) is 103 Å². The normalized spacial score (nSPS) is 11.6. The quantitative estimate of drug-likeness (QED) is 0.236. The highest BCUT2D eigenvalue weighted by Crippen LogP contribution is 2.35. The van der Waals surface area contributed by atoms with Crippen molar-refractivity contribution >= 4 is 55.9 Å². The number of furan rings is 1. The molecule has 0 bridgehead atoms. The summed E-state index contributed by atoms with van der Waals surface area (Å²) in [6.45, 7) is 1.22. The zero-order valence-corrected chi connectivity index (χ0v) is 16.8. The number of anilines is 1. The maximum Gasteiger partial charge on any atom is 0.269 e. The number of aliphatic hydroxyl groups excluding tert-OH is 1. The molecule has 0 saturated carbocycles. The number of carbonyl (C=O) groups is 2. The summed E-state index contributed by atoms with van der Waals surface area (Å²) < 4.78 is 6.40. The fraction of sp³-hybridized carbons (Fsp3) is 0.0500. The Bertz CT molecular complexity index is 1170. The lowest BCUT2D eigenvalue weighted by molar-refractivity contribution is -0.112. The smallest absolute Gasteiger partial charge is 0.269 e. The van der Waals surface area contributed by atoms with Crippen LogP contribution in [0.3, 0.4) is 0 Å². The predicted octanol–water partition coefficient (Wildman–Crippen LogP) is 5.37. The van der Waals surface area contributed by atoms with Gasteiger partial charge in [-0.05, 0) is 49.4 Å². The molecule has 1 heterocycles. The van der Waals surface area contributed by atoms with Gasteiger partial charge in [0.15, 0.2) is 11.3 Å². The Hall–Kier alpha value is -3.08. The fourth-order valence-corrected chi connectivity index (χ4v) is 3.05. The van der Waals surface area contributed by atoms with Crippen LogP contribution in [0, 0.1) is 11.3 Å². The number of benzene rings is 2. The van der Waals surface area contributed by atoms with E-state index in [0.29, 0.717) is 26.0 Å². The summed E-state index contributed by atoms with van der Waals surface area (Å²) >= 11 is 9.21. The highest BCUT2D eigenvalue weighted by Gasteiger charge is 2.25. The number of carbonyl (C=O) groups excluding carboxylic acids is 2. The molecule has 0 unspecified atom stereocenters. The lowest BCUT2D eigenvalue weighted by Gasteiger charge is -2.06. The van der Waals surface area contributed by atoms with E-state index in [0.717, 1.165) is 0 Å². The Morgan fingerprint density at radius 2 is 1.89 bits per heavy atom. The molecule has 0 radical (unpaired) electrons. The van der Waals surface area contributed by atoms with E-state index < -0.39 is 23.0 Å². The molecule has 0 atom stereocenters. The number of hydrogen-bond acceptors (Lipinski definition) is 5. The van der Waals surface area contributed by atoms with Gasteiger partial charge in [-0.2, -0.15) is 5.26 Å². The van der Waals surface area contributed by atoms with Gasteiger partial charge in [0.1, 0.15) is 17.4 Å². The first kappa shape index (κ1) is 19.7. The van der Waals surface area contributed by atoms with E-state index in [1.165, 1.54) is 19.1 Å². The maximum absolute atomic E-state index is 13.0. The maximum atomic E-state index is 13.0. The second kappa shape index (κ2) is 7.89. The minimum absolute atomic E-state index is 0.100. The summed E-state index contributed by atoms with van der Waals surface area (Å²) in [6, 6.07) is 12.9. The van der Waals surface area contributed by atoms with E-state index in [9.17, 15) is 14.7 Å². The largest absolute Gasteiger partial charge is 0.511 e. The Morgan fingerprint density at radius 1 is 1.21 bits per heavy atom. The van der Waals surface area contributed by atoms with Crippen LogP contribution < -0.4 is 5.32 Å². The summed E-state index contributed by atoms with van der Waals surface area (Å²) in [5, 5.41) is 22.1. The van der Waals surface area contributed by atoms with Crippen molar-refractivity contribution in [3.63, 3.8) is 0 Å². The number of hydrogen-bond donors (Lipinski definition) is 2. The third-order valence-corrected chi connectivity index (χ3v) is 4.65. The SMILES string of the molecule is CC(O)=C(C#N)C(=O)Nc1c(C(=O)c2ccc(Cl)cc2)oc2ccc(Br)cc12. The molecule has 0 fully saturated rings. The number of nitrogens with one attached hydrogen (secondary N) is 1. The number of allylic oxidation sites excluding steroid dienone is 1. The van der Waals surface area contributed by atoms with Crippen molar-refractivity contribution in [1.29, 1.82) is 5.26 Å². The molecule has 28 heavy (non-hydrogen) atoms. The van der Waals surface area contributed by atoms with E-state index in [1.54, 1.807) is 36.4 Å². The third-order valence-electron chi connectivity index (χ3n) is 3.90. The van der Waals surface area contributed by atoms with E-state index in [2.05, 4.69) is 21.2 Å². The molecule has 3 rings (SSSR count). The zero-order valence-electron chi connectivity index (χ0n) is 14.4. The first-order chi connectivity index (χ1) is 13.3. The van der Waals surface area contributed by atoms with E-state index >= 15 is 0 Å². The number of fused-ring (bicyclic) bond motifs is 1. The summed E-state index contributed by atoms with van der Waals surface area (Å²) in [6.07, 6.45) is 0. The lowest BCUT2D eigenvalue weighted by atomic mass is 10.1. The number of nitrogens with zero attached hydrogens (tertiary/aromatic N) is 1. The number of aliphatic hydroxyl groups is 1. The first-order valence-electron chi connectivity index (χ1n) is 7.95. The van der Waals surface area contributed by atoms with Gasteiger partial charge >= 0.3 is 0 Å². The van der Waals surface area contributed by atoms with Crippen LogP contribution in [0.1, 0.15) is 23.0 Å². The van der Waals surface area contributed by atoms with E-state index in [-0.39, 0.29) is 11.4 Å². The average molecular weight is 460 g/mol. The summed E-state index contributed by atoms with van der Waals surface area (Å²) in [5.74, 6) is -1.85. The van der Waals surface area contributed by atoms with Crippen LogP contribution in [0.2, 0.25) is 5.02 Å². The van der Waals surface area contributed by atoms with Crippen LogP contribution in [-0.4, -0.2) is 16.8 Å². The third kappa shape index (κ3) is 3.79. The molecule has 3 aromatic rings. The first-order valence-corrected chi connectivity index (χ1v) is 9.12. The van der Waals surface area contributed by atoms with Gasteiger partial charge in [0.05, 0.1) is 5.69 Å². The van der Waals surface area contributed by atoms with Crippen molar-refractivity contribution in [2.24, 2.45) is 0 Å². The van der Waals surface area contributed by atoms with Gasteiger partial charge in [0, 0.05) is 20.4 Å². The molecule has 0 aliphatic rings. The molecule has 140 valence electrons. The highest BCUT2D eigenvalue weighted by atomic mass is 79.9. The van der Waals surface area contributed by atoms with Crippen molar-refractivity contribution in [2.45, 2.75) is 6.92 Å². The van der Waals surface area contributed by atoms with Crippen molar-refractivity contribution in [3.8, 4) is 6.07 Å².